The minimum absolute atomic E-state index is 0.0399. The number of nitrogens with one attached hydrogen (secondary N) is 2. The van der Waals surface area contributed by atoms with Crippen LogP contribution < -0.4 is 15.6 Å². The van der Waals surface area contributed by atoms with Crippen molar-refractivity contribution < 1.29 is 19.1 Å². The van der Waals surface area contributed by atoms with Crippen LogP contribution in [0.5, 0.6) is 5.75 Å². The summed E-state index contributed by atoms with van der Waals surface area (Å²) >= 11 is 5.85. The van der Waals surface area contributed by atoms with Gasteiger partial charge in [-0.05, 0) is 54.3 Å². The molecule has 0 radical (unpaired) electrons. The van der Waals surface area contributed by atoms with Gasteiger partial charge in [-0.3, -0.25) is 24.7 Å². The third-order valence-electron chi connectivity index (χ3n) is 4.97. The smallest absolute Gasteiger partial charge is 0.265 e. The van der Waals surface area contributed by atoms with Crippen LogP contribution in [-0.4, -0.2) is 35.2 Å². The van der Waals surface area contributed by atoms with Gasteiger partial charge >= 0.3 is 0 Å². The van der Waals surface area contributed by atoms with E-state index in [9.17, 15) is 14.4 Å². The van der Waals surface area contributed by atoms with Crippen molar-refractivity contribution in [1.82, 2.24) is 15.8 Å². The lowest BCUT2D eigenvalue weighted by Gasteiger charge is -2.16. The summed E-state index contributed by atoms with van der Waals surface area (Å²) in [4.78, 5) is 38.1. The maximum atomic E-state index is 12.4. The summed E-state index contributed by atoms with van der Waals surface area (Å²) in [5, 5.41) is 0.642. The number of carbonyl (C=O) groups is 3. The fourth-order valence-corrected chi connectivity index (χ4v) is 3.22. The van der Waals surface area contributed by atoms with Crippen LogP contribution in [0.15, 0.2) is 48.5 Å². The SMILES string of the molecule is CC(C)CCN1C(=O)C[C@H](NNC(=O)c2ccc(COc3ccc(Cl)cc3)cc2)C1=O. The van der Waals surface area contributed by atoms with E-state index in [1.165, 1.54) is 4.90 Å². The summed E-state index contributed by atoms with van der Waals surface area (Å²) in [6, 6.07) is 13.3. The molecule has 164 valence electrons. The van der Waals surface area contributed by atoms with E-state index in [0.29, 0.717) is 35.4 Å². The second-order valence-corrected chi connectivity index (χ2v) is 8.30. The van der Waals surface area contributed by atoms with Crippen LogP contribution in [0.3, 0.4) is 0 Å². The Morgan fingerprint density at radius 3 is 2.45 bits per heavy atom. The van der Waals surface area contributed by atoms with Gasteiger partial charge < -0.3 is 4.74 Å². The van der Waals surface area contributed by atoms with Gasteiger partial charge in [0.2, 0.25) is 11.8 Å². The molecule has 0 aliphatic carbocycles. The molecule has 1 aliphatic rings. The largest absolute Gasteiger partial charge is 0.489 e. The Morgan fingerprint density at radius 2 is 1.81 bits per heavy atom. The minimum Gasteiger partial charge on any atom is -0.489 e. The molecule has 1 aliphatic heterocycles. The van der Waals surface area contributed by atoms with Gasteiger partial charge in [-0.1, -0.05) is 37.6 Å². The Hall–Kier alpha value is -2.90. The molecule has 7 nitrogen and oxygen atoms in total. The van der Waals surface area contributed by atoms with Gasteiger partial charge in [0.05, 0.1) is 6.42 Å². The molecule has 1 saturated heterocycles. The van der Waals surface area contributed by atoms with Crippen molar-refractivity contribution in [2.75, 3.05) is 6.54 Å². The molecule has 2 aromatic rings. The number of benzene rings is 2. The first-order chi connectivity index (χ1) is 14.8. The third-order valence-corrected chi connectivity index (χ3v) is 5.22. The number of nitrogens with zero attached hydrogens (tertiary/aromatic N) is 1. The molecule has 2 N–H and O–H groups in total. The monoisotopic (exact) mass is 443 g/mol. The summed E-state index contributed by atoms with van der Waals surface area (Å²) in [5.74, 6) is 0.189. The zero-order valence-corrected chi connectivity index (χ0v) is 18.3. The number of ether oxygens (including phenoxy) is 1. The fraction of sp³-hybridized carbons (Fsp3) is 0.348. The van der Waals surface area contributed by atoms with E-state index in [2.05, 4.69) is 10.9 Å². The van der Waals surface area contributed by atoms with Crippen LogP contribution in [0.2, 0.25) is 5.02 Å². The van der Waals surface area contributed by atoms with Crippen LogP contribution in [-0.2, 0) is 16.2 Å². The van der Waals surface area contributed by atoms with Crippen molar-refractivity contribution in [3.8, 4) is 5.75 Å². The Labute approximate surface area is 186 Å². The molecule has 0 unspecified atom stereocenters. The highest BCUT2D eigenvalue weighted by atomic mass is 35.5. The van der Waals surface area contributed by atoms with E-state index >= 15 is 0 Å². The normalized spacial score (nSPS) is 16.1. The first kappa shape index (κ1) is 22.8. The van der Waals surface area contributed by atoms with Crippen molar-refractivity contribution in [3.63, 3.8) is 0 Å². The van der Waals surface area contributed by atoms with E-state index in [4.69, 9.17) is 16.3 Å². The standard InChI is InChI=1S/C23H26ClN3O4/c1-15(2)11-12-27-21(28)13-20(23(27)30)25-26-22(29)17-5-3-16(4-6-17)14-31-19-9-7-18(24)8-10-19/h3-10,15,20,25H,11-14H2,1-2H3,(H,26,29)/t20-/m0/s1. The highest BCUT2D eigenvalue weighted by Gasteiger charge is 2.38. The lowest BCUT2D eigenvalue weighted by molar-refractivity contribution is -0.139. The van der Waals surface area contributed by atoms with Crippen LogP contribution in [0.25, 0.3) is 0 Å². The fourth-order valence-electron chi connectivity index (χ4n) is 3.09. The number of halogens is 1. The van der Waals surface area contributed by atoms with E-state index in [-0.39, 0.29) is 24.1 Å². The van der Waals surface area contributed by atoms with Crippen molar-refractivity contribution >= 4 is 29.3 Å². The van der Waals surface area contributed by atoms with Gasteiger partial charge in [-0.25, -0.2) is 5.43 Å². The Kier molecular flexibility index (Phi) is 7.65. The Balaban J connectivity index is 1.47. The maximum Gasteiger partial charge on any atom is 0.265 e. The van der Waals surface area contributed by atoms with E-state index in [1.54, 1.807) is 48.5 Å². The first-order valence-corrected chi connectivity index (χ1v) is 10.6. The average molecular weight is 444 g/mol. The van der Waals surface area contributed by atoms with Gasteiger partial charge in [-0.2, -0.15) is 0 Å². The molecule has 2 aromatic carbocycles. The van der Waals surface area contributed by atoms with Gasteiger partial charge in [-0.15, -0.1) is 0 Å². The minimum atomic E-state index is -0.740. The average Bonchev–Trinajstić information content (AvgIpc) is 3.03. The molecule has 1 atom stereocenters. The molecule has 31 heavy (non-hydrogen) atoms. The summed E-state index contributed by atoms with van der Waals surface area (Å²) in [7, 11) is 0. The summed E-state index contributed by atoms with van der Waals surface area (Å²) in [5.41, 5.74) is 6.55. The lowest BCUT2D eigenvalue weighted by Crippen LogP contribution is -2.48. The van der Waals surface area contributed by atoms with E-state index in [0.717, 1.165) is 12.0 Å². The van der Waals surface area contributed by atoms with Crippen LogP contribution in [0.1, 0.15) is 42.6 Å². The van der Waals surface area contributed by atoms with Crippen molar-refractivity contribution in [2.45, 2.75) is 39.3 Å². The van der Waals surface area contributed by atoms with Crippen molar-refractivity contribution in [3.05, 3.63) is 64.7 Å². The topological polar surface area (TPSA) is 87.7 Å². The molecule has 0 aromatic heterocycles. The summed E-state index contributed by atoms with van der Waals surface area (Å²) in [6.07, 6.45) is 0.794. The highest BCUT2D eigenvalue weighted by Crippen LogP contribution is 2.17. The Bertz CT molecular complexity index is 929. The molecular weight excluding hydrogens is 418 g/mol. The molecule has 3 amide bonds. The van der Waals surface area contributed by atoms with Crippen LogP contribution in [0.4, 0.5) is 0 Å². The lowest BCUT2D eigenvalue weighted by atomic mass is 10.1. The maximum absolute atomic E-state index is 12.4. The molecule has 0 bridgehead atoms. The number of amides is 3. The van der Waals surface area contributed by atoms with Gasteiger partial charge in [0.25, 0.3) is 5.91 Å². The molecular formula is C23H26ClN3O4. The van der Waals surface area contributed by atoms with E-state index < -0.39 is 6.04 Å². The Morgan fingerprint density at radius 1 is 1.13 bits per heavy atom. The quantitative estimate of drug-likeness (QED) is 0.458. The van der Waals surface area contributed by atoms with Crippen LogP contribution >= 0.6 is 11.6 Å². The number of imide groups is 1. The van der Waals surface area contributed by atoms with E-state index in [1.807, 2.05) is 13.8 Å². The zero-order chi connectivity index (χ0) is 22.4. The number of rotatable bonds is 9. The molecule has 0 saturated carbocycles. The van der Waals surface area contributed by atoms with Crippen molar-refractivity contribution in [2.24, 2.45) is 5.92 Å². The molecule has 1 heterocycles. The third kappa shape index (κ3) is 6.29. The number of hydrogen-bond donors (Lipinski definition) is 2. The predicted molar refractivity (Wildman–Crippen MR) is 117 cm³/mol. The summed E-state index contributed by atoms with van der Waals surface area (Å²) < 4.78 is 5.68. The summed E-state index contributed by atoms with van der Waals surface area (Å²) in [6.45, 7) is 4.83. The highest BCUT2D eigenvalue weighted by molar-refractivity contribution is 6.30. The molecule has 3 rings (SSSR count). The number of hydrazine groups is 1. The number of hydrogen-bond acceptors (Lipinski definition) is 5. The van der Waals surface area contributed by atoms with Gasteiger partial charge in [0, 0.05) is 17.1 Å². The van der Waals surface area contributed by atoms with Crippen molar-refractivity contribution in [1.29, 1.82) is 0 Å². The predicted octanol–water partition coefficient (Wildman–Crippen LogP) is 3.33. The second-order valence-electron chi connectivity index (χ2n) is 7.86. The van der Waals surface area contributed by atoms with Crippen LogP contribution in [0, 0.1) is 5.92 Å². The first-order valence-electron chi connectivity index (χ1n) is 10.2. The van der Waals surface area contributed by atoms with Gasteiger partial charge in [0.15, 0.2) is 0 Å². The zero-order valence-electron chi connectivity index (χ0n) is 17.6. The number of likely N-dealkylation sites (tertiary alicyclic amines) is 1. The number of carbonyl (C=O) groups excluding carboxylic acids is 3. The van der Waals surface area contributed by atoms with Gasteiger partial charge in [0.1, 0.15) is 18.4 Å². The molecule has 0 spiro atoms. The molecule has 1 fully saturated rings. The molecule has 8 heteroatoms. The second kappa shape index (κ2) is 10.4.